The molecule has 106 valence electrons. The summed E-state index contributed by atoms with van der Waals surface area (Å²) >= 11 is 0. The predicted octanol–water partition coefficient (Wildman–Crippen LogP) is 2.71. The Morgan fingerprint density at radius 1 is 1.05 bits per heavy atom. The number of nitrogens with two attached hydrogens (primary N) is 1. The molecule has 0 bridgehead atoms. The summed E-state index contributed by atoms with van der Waals surface area (Å²) in [5.41, 5.74) is 8.75. The number of carboxylic acids is 1. The molecule has 3 aromatic rings. The van der Waals surface area contributed by atoms with Crippen LogP contribution in [0.3, 0.4) is 0 Å². The van der Waals surface area contributed by atoms with Gasteiger partial charge in [0, 0.05) is 23.0 Å². The van der Waals surface area contributed by atoms with Gasteiger partial charge in [0.15, 0.2) is 0 Å². The van der Waals surface area contributed by atoms with Crippen molar-refractivity contribution in [3.05, 3.63) is 71.9 Å². The number of benzene rings is 2. The Bertz CT molecular complexity index is 765. The lowest BCUT2D eigenvalue weighted by Gasteiger charge is -2.21. The number of carbonyl (C=O) groups is 1. The van der Waals surface area contributed by atoms with Crippen LogP contribution in [-0.4, -0.2) is 22.1 Å². The minimum atomic E-state index is -1.01. The molecule has 4 nitrogen and oxygen atoms in total. The van der Waals surface area contributed by atoms with Crippen LogP contribution < -0.4 is 5.73 Å². The van der Waals surface area contributed by atoms with Crippen molar-refractivity contribution in [1.29, 1.82) is 0 Å². The highest BCUT2D eigenvalue weighted by Crippen LogP contribution is 2.32. The van der Waals surface area contributed by atoms with Gasteiger partial charge in [-0.05, 0) is 17.2 Å². The summed E-state index contributed by atoms with van der Waals surface area (Å²) in [6, 6.07) is 16.3. The number of H-pyrrole nitrogens is 1. The zero-order valence-electron chi connectivity index (χ0n) is 11.4. The van der Waals surface area contributed by atoms with Crippen LogP contribution in [-0.2, 0) is 4.79 Å². The van der Waals surface area contributed by atoms with Crippen molar-refractivity contribution in [2.45, 2.75) is 12.0 Å². The molecule has 0 amide bonds. The fraction of sp³-hybridized carbons (Fsp3) is 0.118. The quantitative estimate of drug-likeness (QED) is 0.687. The Labute approximate surface area is 122 Å². The highest BCUT2D eigenvalue weighted by atomic mass is 16.4. The van der Waals surface area contributed by atoms with Gasteiger partial charge < -0.3 is 15.8 Å². The molecule has 2 aromatic carbocycles. The molecule has 4 heteroatoms. The minimum absolute atomic E-state index is 0.389. The number of aromatic nitrogens is 1. The molecule has 0 aliphatic rings. The highest BCUT2D eigenvalue weighted by molar-refractivity contribution is 5.86. The Balaban J connectivity index is 2.18. The van der Waals surface area contributed by atoms with Gasteiger partial charge in [-0.25, -0.2) is 0 Å². The lowest BCUT2D eigenvalue weighted by molar-refractivity contribution is -0.138. The third-order valence-electron chi connectivity index (χ3n) is 3.76. The van der Waals surface area contributed by atoms with Crippen molar-refractivity contribution in [3.63, 3.8) is 0 Å². The first-order valence-corrected chi connectivity index (χ1v) is 6.78. The van der Waals surface area contributed by atoms with Crippen molar-refractivity contribution in [3.8, 4) is 0 Å². The number of fused-ring (bicyclic) bond motifs is 1. The third kappa shape index (κ3) is 2.41. The maximum atomic E-state index is 11.4. The Hall–Kier alpha value is -2.59. The molecule has 0 radical (unpaired) electrons. The second-order valence-electron chi connectivity index (χ2n) is 5.04. The average Bonchev–Trinajstić information content (AvgIpc) is 2.93. The van der Waals surface area contributed by atoms with Crippen molar-refractivity contribution >= 4 is 16.9 Å². The fourth-order valence-electron chi connectivity index (χ4n) is 2.73. The van der Waals surface area contributed by atoms with E-state index in [4.69, 9.17) is 5.73 Å². The van der Waals surface area contributed by atoms with Crippen LogP contribution >= 0.6 is 0 Å². The van der Waals surface area contributed by atoms with Gasteiger partial charge in [0.25, 0.3) is 0 Å². The van der Waals surface area contributed by atoms with Gasteiger partial charge in [-0.1, -0.05) is 48.5 Å². The maximum Gasteiger partial charge on any atom is 0.321 e. The molecule has 0 unspecified atom stereocenters. The normalized spacial score (nSPS) is 14.0. The number of nitrogens with one attached hydrogen (secondary N) is 1. The summed E-state index contributed by atoms with van der Waals surface area (Å²) < 4.78 is 0. The van der Waals surface area contributed by atoms with Crippen LogP contribution in [0.4, 0.5) is 0 Å². The maximum absolute atomic E-state index is 11.4. The first-order valence-electron chi connectivity index (χ1n) is 6.78. The molecule has 0 fully saturated rings. The zero-order valence-corrected chi connectivity index (χ0v) is 11.4. The lowest BCUT2D eigenvalue weighted by atomic mass is 9.85. The third-order valence-corrected chi connectivity index (χ3v) is 3.76. The van der Waals surface area contributed by atoms with E-state index in [1.165, 1.54) is 0 Å². The molecule has 0 aliphatic carbocycles. The molecule has 21 heavy (non-hydrogen) atoms. The zero-order chi connectivity index (χ0) is 14.8. The van der Waals surface area contributed by atoms with Crippen molar-refractivity contribution in [2.24, 2.45) is 5.73 Å². The van der Waals surface area contributed by atoms with E-state index in [1.807, 2.05) is 60.8 Å². The number of para-hydroxylation sites is 1. The van der Waals surface area contributed by atoms with Crippen molar-refractivity contribution in [1.82, 2.24) is 4.98 Å². The van der Waals surface area contributed by atoms with Crippen LogP contribution in [0.2, 0.25) is 0 Å². The van der Waals surface area contributed by atoms with Crippen LogP contribution in [0.15, 0.2) is 60.8 Å². The van der Waals surface area contributed by atoms with Crippen LogP contribution in [0.25, 0.3) is 10.9 Å². The summed E-state index contributed by atoms with van der Waals surface area (Å²) in [5, 5.41) is 10.4. The summed E-state index contributed by atoms with van der Waals surface area (Å²) in [6.07, 6.45) is 1.85. The number of aromatic amines is 1. The van der Waals surface area contributed by atoms with E-state index in [0.717, 1.165) is 22.0 Å². The van der Waals surface area contributed by atoms with Crippen LogP contribution in [0, 0.1) is 0 Å². The minimum Gasteiger partial charge on any atom is -0.480 e. The van der Waals surface area contributed by atoms with Gasteiger partial charge in [-0.15, -0.1) is 0 Å². The van der Waals surface area contributed by atoms with Gasteiger partial charge >= 0.3 is 5.97 Å². The molecule has 0 saturated heterocycles. The second kappa shape index (κ2) is 5.42. The number of hydrogen-bond acceptors (Lipinski definition) is 2. The van der Waals surface area contributed by atoms with E-state index < -0.39 is 12.0 Å². The summed E-state index contributed by atoms with van der Waals surface area (Å²) in [4.78, 5) is 14.6. The monoisotopic (exact) mass is 280 g/mol. The molecule has 3 rings (SSSR count). The van der Waals surface area contributed by atoms with E-state index in [0.29, 0.717) is 0 Å². The molecule has 0 spiro atoms. The smallest absolute Gasteiger partial charge is 0.321 e. The van der Waals surface area contributed by atoms with E-state index in [-0.39, 0.29) is 5.92 Å². The highest BCUT2D eigenvalue weighted by Gasteiger charge is 2.29. The number of aliphatic carboxylic acids is 1. The SMILES string of the molecule is N[C@H](C(=O)O)[C@@H](c1ccccc1)c1c[nH]c2ccccc12. The predicted molar refractivity (Wildman–Crippen MR) is 82.2 cm³/mol. The second-order valence-corrected chi connectivity index (χ2v) is 5.04. The van der Waals surface area contributed by atoms with Gasteiger partial charge in [0.05, 0.1) is 0 Å². The summed E-state index contributed by atoms with van der Waals surface area (Å²) in [5.74, 6) is -1.39. The number of carboxylic acid groups (broad SMARTS) is 1. The van der Waals surface area contributed by atoms with Crippen molar-refractivity contribution < 1.29 is 9.90 Å². The molecule has 0 saturated carbocycles. The van der Waals surface area contributed by atoms with Gasteiger partial charge in [-0.2, -0.15) is 0 Å². The molecule has 2 atom stereocenters. The van der Waals surface area contributed by atoms with Crippen LogP contribution in [0.1, 0.15) is 17.0 Å². The number of hydrogen-bond donors (Lipinski definition) is 3. The Morgan fingerprint density at radius 3 is 2.43 bits per heavy atom. The van der Waals surface area contributed by atoms with Crippen molar-refractivity contribution in [2.75, 3.05) is 0 Å². The number of rotatable bonds is 4. The lowest BCUT2D eigenvalue weighted by Crippen LogP contribution is -2.37. The average molecular weight is 280 g/mol. The standard InChI is InChI=1S/C17H16N2O2/c18-16(17(20)21)15(11-6-2-1-3-7-11)13-10-19-14-9-5-4-8-12(13)14/h1-10,15-16,19H,18H2,(H,20,21)/t15-,16-/m0/s1. The van der Waals surface area contributed by atoms with Gasteiger partial charge in [0.2, 0.25) is 0 Å². The molecule has 0 aliphatic heterocycles. The Kier molecular flexibility index (Phi) is 3.46. The summed E-state index contributed by atoms with van der Waals surface area (Å²) in [6.45, 7) is 0. The first-order chi connectivity index (χ1) is 10.2. The van der Waals surface area contributed by atoms with E-state index in [9.17, 15) is 9.90 Å². The molecular formula is C17H16N2O2. The fourth-order valence-corrected chi connectivity index (χ4v) is 2.73. The molecule has 1 aromatic heterocycles. The van der Waals surface area contributed by atoms with E-state index in [1.54, 1.807) is 0 Å². The molecular weight excluding hydrogens is 264 g/mol. The van der Waals surface area contributed by atoms with Gasteiger partial charge in [-0.3, -0.25) is 4.79 Å². The largest absolute Gasteiger partial charge is 0.480 e. The Morgan fingerprint density at radius 2 is 1.71 bits per heavy atom. The van der Waals surface area contributed by atoms with E-state index >= 15 is 0 Å². The van der Waals surface area contributed by atoms with E-state index in [2.05, 4.69) is 4.98 Å². The van der Waals surface area contributed by atoms with Crippen LogP contribution in [0.5, 0.6) is 0 Å². The topological polar surface area (TPSA) is 79.1 Å². The molecule has 1 heterocycles. The first kappa shape index (κ1) is 13.4. The molecule has 4 N–H and O–H groups in total. The van der Waals surface area contributed by atoms with Gasteiger partial charge in [0.1, 0.15) is 6.04 Å². The summed E-state index contributed by atoms with van der Waals surface area (Å²) in [7, 11) is 0.